The van der Waals surface area contributed by atoms with Gasteiger partial charge in [-0.15, -0.1) is 0 Å². The minimum Gasteiger partial charge on any atom is -0.746 e. The van der Waals surface area contributed by atoms with Crippen LogP contribution in [-0.4, -0.2) is 51.0 Å². The number of phosphoric ester groups is 1. The SMILES string of the molecule is CCCCCCCCCCCCCCCCOCC(COP(=O)([O-])OC=C1CCCC[N+]1(C)C)OC(c1ccccc1)(c1ccccc1)c1ccccc1. The molecule has 7 nitrogen and oxygen atoms in total. The third-order valence-corrected chi connectivity index (χ3v) is 11.6. The van der Waals surface area contributed by atoms with E-state index in [0.29, 0.717) is 11.1 Å². The standard InChI is InChI=1S/C46H68NO6P/c1-4-5-6-7-8-9-10-11-12-13-14-15-16-28-37-50-39-45(40-52-54(48,49)51-38-44-35-26-27-36-47(44,2)3)53-46(41-29-20-17-21-30-41,42-31-22-18-23-32-42)43-33-24-19-25-34-43/h17-25,29-34,38,45H,4-16,26-28,35-37,39-40H2,1-3H3. The number of allylic oxidation sites excluding steroid dienone is 1. The summed E-state index contributed by atoms with van der Waals surface area (Å²) in [4.78, 5) is 13.2. The zero-order valence-electron chi connectivity index (χ0n) is 33.5. The van der Waals surface area contributed by atoms with Crippen LogP contribution in [0.15, 0.2) is 103 Å². The quantitative estimate of drug-likeness (QED) is 0.0253. The maximum absolute atomic E-state index is 13.2. The lowest BCUT2D eigenvalue weighted by atomic mass is 9.80. The predicted molar refractivity (Wildman–Crippen MR) is 219 cm³/mol. The number of piperidine rings is 1. The Hall–Kier alpha value is -2.77. The molecule has 0 spiro atoms. The van der Waals surface area contributed by atoms with E-state index in [2.05, 4.69) is 21.0 Å². The molecule has 2 atom stereocenters. The van der Waals surface area contributed by atoms with Gasteiger partial charge in [-0.25, -0.2) is 0 Å². The molecule has 0 bridgehead atoms. The Balaban J connectivity index is 1.39. The summed E-state index contributed by atoms with van der Waals surface area (Å²) in [5.74, 6) is 0. The van der Waals surface area contributed by atoms with Gasteiger partial charge in [0.25, 0.3) is 0 Å². The van der Waals surface area contributed by atoms with E-state index >= 15 is 0 Å². The molecular weight excluding hydrogens is 693 g/mol. The lowest BCUT2D eigenvalue weighted by Gasteiger charge is -2.39. The number of nitrogens with zero attached hydrogens (tertiary/aromatic N) is 1. The van der Waals surface area contributed by atoms with Crippen LogP contribution in [0.3, 0.4) is 0 Å². The van der Waals surface area contributed by atoms with Crippen molar-refractivity contribution in [2.24, 2.45) is 0 Å². The van der Waals surface area contributed by atoms with E-state index in [-0.39, 0.29) is 13.2 Å². The Kier molecular flexibility index (Phi) is 19.5. The fraction of sp³-hybridized carbons (Fsp3) is 0.565. The maximum Gasteiger partial charge on any atom is 0.319 e. The number of unbranched alkanes of at least 4 members (excludes halogenated alkanes) is 13. The van der Waals surface area contributed by atoms with Crippen molar-refractivity contribution in [3.05, 3.63) is 120 Å². The van der Waals surface area contributed by atoms with Gasteiger partial charge in [0.15, 0.2) is 0 Å². The molecule has 8 heteroatoms. The molecule has 1 saturated heterocycles. The number of benzene rings is 3. The third kappa shape index (κ3) is 14.7. The molecule has 0 saturated carbocycles. The number of quaternary nitrogens is 1. The van der Waals surface area contributed by atoms with Crippen LogP contribution in [0.4, 0.5) is 0 Å². The van der Waals surface area contributed by atoms with Gasteiger partial charge in [0.2, 0.25) is 0 Å². The van der Waals surface area contributed by atoms with Crippen molar-refractivity contribution in [3.63, 3.8) is 0 Å². The Morgan fingerprint density at radius 1 is 0.685 bits per heavy atom. The summed E-state index contributed by atoms with van der Waals surface area (Å²) in [5, 5.41) is 0. The van der Waals surface area contributed by atoms with E-state index in [1.54, 1.807) is 0 Å². The van der Waals surface area contributed by atoms with Gasteiger partial charge in [-0.05, 0) is 36.0 Å². The smallest absolute Gasteiger partial charge is 0.319 e. The second kappa shape index (κ2) is 24.0. The molecule has 0 N–H and O–H groups in total. The van der Waals surface area contributed by atoms with Crippen LogP contribution in [0.1, 0.15) is 133 Å². The van der Waals surface area contributed by atoms with Crippen LogP contribution in [0, 0.1) is 0 Å². The first-order valence-corrected chi connectivity index (χ1v) is 22.3. The first-order chi connectivity index (χ1) is 26.3. The van der Waals surface area contributed by atoms with Crippen molar-refractivity contribution in [1.29, 1.82) is 0 Å². The number of likely N-dealkylation sites (tertiary alicyclic amines) is 1. The highest BCUT2D eigenvalue weighted by Gasteiger charge is 2.40. The molecule has 1 fully saturated rings. The summed E-state index contributed by atoms with van der Waals surface area (Å²) in [6, 6.07) is 30.2. The van der Waals surface area contributed by atoms with Gasteiger partial charge in [-0.3, -0.25) is 9.05 Å². The molecular formula is C46H68NO6P. The van der Waals surface area contributed by atoms with E-state index < -0.39 is 19.5 Å². The molecule has 0 aliphatic carbocycles. The molecule has 0 aromatic heterocycles. The van der Waals surface area contributed by atoms with Crippen molar-refractivity contribution >= 4 is 7.82 Å². The highest BCUT2D eigenvalue weighted by Crippen LogP contribution is 2.44. The van der Waals surface area contributed by atoms with Crippen molar-refractivity contribution in [1.82, 2.24) is 0 Å². The van der Waals surface area contributed by atoms with Crippen molar-refractivity contribution in [2.75, 3.05) is 40.5 Å². The summed E-state index contributed by atoms with van der Waals surface area (Å²) < 4.78 is 38.2. The number of ether oxygens (including phenoxy) is 2. The van der Waals surface area contributed by atoms with Crippen molar-refractivity contribution in [2.45, 2.75) is 128 Å². The largest absolute Gasteiger partial charge is 0.746 e. The maximum atomic E-state index is 13.2. The molecule has 4 rings (SSSR count). The minimum absolute atomic E-state index is 0.164. The van der Waals surface area contributed by atoms with Gasteiger partial charge in [0.1, 0.15) is 23.7 Å². The van der Waals surface area contributed by atoms with Crippen LogP contribution in [0.5, 0.6) is 0 Å². The van der Waals surface area contributed by atoms with Gasteiger partial charge in [0.05, 0.1) is 33.9 Å². The van der Waals surface area contributed by atoms with Crippen LogP contribution in [0.2, 0.25) is 0 Å². The molecule has 1 heterocycles. The van der Waals surface area contributed by atoms with Gasteiger partial charge in [-0.2, -0.15) is 0 Å². The monoisotopic (exact) mass is 761 g/mol. The van der Waals surface area contributed by atoms with E-state index in [1.807, 2.05) is 91.0 Å². The first kappa shape index (κ1) is 44.0. The molecule has 2 unspecified atom stereocenters. The minimum atomic E-state index is -4.70. The van der Waals surface area contributed by atoms with E-state index in [0.717, 1.165) is 61.0 Å². The first-order valence-electron chi connectivity index (χ1n) is 20.9. The van der Waals surface area contributed by atoms with Gasteiger partial charge < -0.3 is 23.4 Å². The topological polar surface area (TPSA) is 77.1 Å². The summed E-state index contributed by atoms with van der Waals surface area (Å²) in [7, 11) is -0.559. The van der Waals surface area contributed by atoms with Crippen molar-refractivity contribution in [3.8, 4) is 0 Å². The highest BCUT2D eigenvalue weighted by atomic mass is 31.2. The summed E-state index contributed by atoms with van der Waals surface area (Å²) in [6.07, 6.45) is 21.7. The van der Waals surface area contributed by atoms with Crippen LogP contribution in [-0.2, 0) is 28.7 Å². The zero-order valence-corrected chi connectivity index (χ0v) is 34.4. The molecule has 0 radical (unpaired) electrons. The van der Waals surface area contributed by atoms with E-state index in [9.17, 15) is 9.46 Å². The fourth-order valence-corrected chi connectivity index (χ4v) is 8.15. The van der Waals surface area contributed by atoms with Gasteiger partial charge in [-0.1, -0.05) is 181 Å². The number of phosphoric acid groups is 1. The molecule has 0 amide bonds. The molecule has 3 aromatic carbocycles. The molecule has 1 aliphatic rings. The van der Waals surface area contributed by atoms with Crippen LogP contribution in [0.25, 0.3) is 0 Å². The van der Waals surface area contributed by atoms with Gasteiger partial charge in [0, 0.05) is 13.0 Å². The second-order valence-electron chi connectivity index (χ2n) is 15.5. The lowest BCUT2D eigenvalue weighted by Crippen LogP contribution is -2.42. The lowest BCUT2D eigenvalue weighted by molar-refractivity contribution is -0.858. The Morgan fingerprint density at radius 3 is 1.61 bits per heavy atom. The predicted octanol–water partition coefficient (Wildman–Crippen LogP) is 11.5. The fourth-order valence-electron chi connectivity index (χ4n) is 7.49. The Morgan fingerprint density at radius 2 is 1.15 bits per heavy atom. The van der Waals surface area contributed by atoms with Gasteiger partial charge >= 0.3 is 7.82 Å². The van der Waals surface area contributed by atoms with Crippen LogP contribution < -0.4 is 4.89 Å². The Bertz CT molecular complexity index is 1400. The van der Waals surface area contributed by atoms with Crippen LogP contribution >= 0.6 is 7.82 Å². The summed E-state index contributed by atoms with van der Waals surface area (Å²) in [5.41, 5.74) is 2.63. The third-order valence-electron chi connectivity index (χ3n) is 10.7. The summed E-state index contributed by atoms with van der Waals surface area (Å²) >= 11 is 0. The molecule has 298 valence electrons. The molecule has 54 heavy (non-hydrogen) atoms. The summed E-state index contributed by atoms with van der Waals surface area (Å²) in [6.45, 7) is 3.69. The van der Waals surface area contributed by atoms with E-state index in [1.165, 1.54) is 83.3 Å². The second-order valence-corrected chi connectivity index (χ2v) is 16.9. The normalized spacial score (nSPS) is 16.9. The Labute approximate surface area is 327 Å². The number of hydrogen-bond donors (Lipinski definition) is 0. The average molecular weight is 762 g/mol. The molecule has 1 aliphatic heterocycles. The van der Waals surface area contributed by atoms with Crippen molar-refractivity contribution < 1.29 is 32.5 Å². The number of rotatable bonds is 27. The number of hydrogen-bond acceptors (Lipinski definition) is 6. The highest BCUT2D eigenvalue weighted by molar-refractivity contribution is 7.46. The average Bonchev–Trinajstić information content (AvgIpc) is 3.19. The zero-order chi connectivity index (χ0) is 38.4. The molecule has 3 aromatic rings. The van der Waals surface area contributed by atoms with E-state index in [4.69, 9.17) is 18.5 Å².